The highest BCUT2D eigenvalue weighted by atomic mass is 79.9. The number of nitrogens with zero attached hydrogens (tertiary/aromatic N) is 3. The van der Waals surface area contributed by atoms with E-state index in [2.05, 4.69) is 15.9 Å². The van der Waals surface area contributed by atoms with Gasteiger partial charge in [-0.15, -0.1) is 11.3 Å². The Labute approximate surface area is 182 Å². The van der Waals surface area contributed by atoms with Gasteiger partial charge in [-0.3, -0.25) is 19.3 Å². The third-order valence-electron chi connectivity index (χ3n) is 5.74. The molecule has 6 nitrogen and oxygen atoms in total. The molecule has 1 fully saturated rings. The summed E-state index contributed by atoms with van der Waals surface area (Å²) in [6, 6.07) is 11.2. The number of amides is 3. The van der Waals surface area contributed by atoms with Crippen LogP contribution in [-0.4, -0.2) is 46.8 Å². The van der Waals surface area contributed by atoms with E-state index in [1.165, 1.54) is 0 Å². The number of para-hydroxylation sites is 1. The van der Waals surface area contributed by atoms with Crippen molar-refractivity contribution in [2.45, 2.75) is 38.4 Å². The van der Waals surface area contributed by atoms with E-state index in [9.17, 15) is 14.4 Å². The smallest absolute Gasteiger partial charge is 0.257 e. The lowest BCUT2D eigenvalue weighted by Crippen LogP contribution is -2.62. The van der Waals surface area contributed by atoms with Crippen LogP contribution in [0.1, 0.15) is 41.4 Å². The first-order chi connectivity index (χ1) is 13.8. The number of halogens is 1. The van der Waals surface area contributed by atoms with Crippen LogP contribution >= 0.6 is 27.3 Å². The molecule has 152 valence electrons. The molecule has 8 heteroatoms. The topological polar surface area (TPSA) is 60.9 Å². The molecule has 0 aliphatic carbocycles. The first-order valence-electron chi connectivity index (χ1n) is 9.53. The van der Waals surface area contributed by atoms with Crippen molar-refractivity contribution < 1.29 is 14.4 Å². The van der Waals surface area contributed by atoms with Crippen molar-refractivity contribution in [1.82, 2.24) is 9.80 Å². The number of hydrogen-bond donors (Lipinski definition) is 0. The molecule has 1 aromatic carbocycles. The van der Waals surface area contributed by atoms with Crippen LogP contribution in [0.5, 0.6) is 0 Å². The number of anilines is 1. The van der Waals surface area contributed by atoms with Gasteiger partial charge < -0.3 is 9.80 Å². The molecule has 3 amide bonds. The average molecular weight is 476 g/mol. The predicted molar refractivity (Wildman–Crippen MR) is 116 cm³/mol. The molecule has 29 heavy (non-hydrogen) atoms. The van der Waals surface area contributed by atoms with E-state index in [4.69, 9.17) is 0 Å². The van der Waals surface area contributed by atoms with Crippen molar-refractivity contribution in [3.05, 3.63) is 50.6 Å². The summed E-state index contributed by atoms with van der Waals surface area (Å²) in [6.45, 7) is 2.74. The Kier molecular flexibility index (Phi) is 5.25. The SMILES string of the molecule is CN(Cc1ccc(Br)s1)C(=O)CCN1C(=O)c2ccccc2N2C(=O)CCC12C. The third-order valence-corrected chi connectivity index (χ3v) is 7.35. The molecule has 1 atom stereocenters. The first-order valence-corrected chi connectivity index (χ1v) is 11.1. The van der Waals surface area contributed by atoms with Gasteiger partial charge in [0.25, 0.3) is 5.91 Å². The standard InChI is InChI=1S/C21H22BrN3O3S/c1-21-11-9-19(27)25(21)16-6-4-3-5-15(16)20(28)24(21)12-10-18(26)23(2)13-14-7-8-17(22)29-14/h3-8H,9-13H2,1-2H3. The molecule has 0 bridgehead atoms. The van der Waals surface area contributed by atoms with Crippen LogP contribution in [0.4, 0.5) is 5.69 Å². The molecule has 0 radical (unpaired) electrons. The summed E-state index contributed by atoms with van der Waals surface area (Å²) in [5.74, 6) is -0.128. The Bertz CT molecular complexity index is 991. The van der Waals surface area contributed by atoms with Gasteiger partial charge in [-0.25, -0.2) is 0 Å². The van der Waals surface area contributed by atoms with Crippen LogP contribution < -0.4 is 4.90 Å². The first kappa shape index (κ1) is 20.1. The monoisotopic (exact) mass is 475 g/mol. The summed E-state index contributed by atoms with van der Waals surface area (Å²) in [6.07, 6.45) is 1.18. The van der Waals surface area contributed by atoms with Gasteiger partial charge in [-0.1, -0.05) is 12.1 Å². The van der Waals surface area contributed by atoms with Crippen molar-refractivity contribution in [3.63, 3.8) is 0 Å². The molecule has 2 aliphatic rings. The molecule has 4 rings (SSSR count). The van der Waals surface area contributed by atoms with E-state index >= 15 is 0 Å². The average Bonchev–Trinajstić information content (AvgIpc) is 3.24. The largest absolute Gasteiger partial charge is 0.341 e. The molecule has 3 heterocycles. The van der Waals surface area contributed by atoms with E-state index in [-0.39, 0.29) is 30.7 Å². The minimum absolute atomic E-state index is 0.0177. The molecule has 0 spiro atoms. The molecule has 0 N–H and O–H groups in total. The van der Waals surface area contributed by atoms with Crippen molar-refractivity contribution in [2.75, 3.05) is 18.5 Å². The van der Waals surface area contributed by atoms with Crippen molar-refractivity contribution in [1.29, 1.82) is 0 Å². The maximum Gasteiger partial charge on any atom is 0.257 e. The van der Waals surface area contributed by atoms with Crippen molar-refractivity contribution in [2.24, 2.45) is 0 Å². The Morgan fingerprint density at radius 2 is 2.00 bits per heavy atom. The fourth-order valence-electron chi connectivity index (χ4n) is 4.20. The highest BCUT2D eigenvalue weighted by Gasteiger charge is 2.52. The summed E-state index contributed by atoms with van der Waals surface area (Å²) in [7, 11) is 1.77. The Balaban J connectivity index is 1.51. The predicted octanol–water partition coefficient (Wildman–Crippen LogP) is 3.86. The Morgan fingerprint density at radius 3 is 2.72 bits per heavy atom. The molecule has 1 unspecified atom stereocenters. The lowest BCUT2D eigenvalue weighted by molar-refractivity contribution is -0.130. The fraction of sp³-hybridized carbons (Fsp3) is 0.381. The lowest BCUT2D eigenvalue weighted by Gasteiger charge is -2.48. The Morgan fingerprint density at radius 1 is 1.24 bits per heavy atom. The highest BCUT2D eigenvalue weighted by Crippen LogP contribution is 2.44. The van der Waals surface area contributed by atoms with Gasteiger partial charge in [0.2, 0.25) is 11.8 Å². The number of rotatable bonds is 5. The van der Waals surface area contributed by atoms with Crippen LogP contribution in [0.15, 0.2) is 40.2 Å². The van der Waals surface area contributed by atoms with Gasteiger partial charge in [0, 0.05) is 31.3 Å². The molecule has 0 saturated carbocycles. The second-order valence-corrected chi connectivity index (χ2v) is 10.2. The van der Waals surface area contributed by atoms with E-state index in [0.29, 0.717) is 30.6 Å². The van der Waals surface area contributed by atoms with Crippen LogP contribution in [0, 0.1) is 0 Å². The van der Waals surface area contributed by atoms with Crippen LogP contribution in [0.3, 0.4) is 0 Å². The maximum absolute atomic E-state index is 13.2. The van der Waals surface area contributed by atoms with Crippen molar-refractivity contribution in [3.8, 4) is 0 Å². The van der Waals surface area contributed by atoms with Crippen LogP contribution in [0.2, 0.25) is 0 Å². The summed E-state index contributed by atoms with van der Waals surface area (Å²) in [4.78, 5) is 44.7. The molecular formula is C21H22BrN3O3S. The van der Waals surface area contributed by atoms with Crippen LogP contribution in [0.25, 0.3) is 0 Å². The zero-order valence-corrected chi connectivity index (χ0v) is 18.8. The lowest BCUT2D eigenvalue weighted by atomic mass is 9.98. The van der Waals surface area contributed by atoms with Gasteiger partial charge in [-0.05, 0) is 53.5 Å². The van der Waals surface area contributed by atoms with Gasteiger partial charge in [0.05, 0.1) is 21.6 Å². The molecule has 1 aromatic heterocycles. The van der Waals surface area contributed by atoms with E-state index in [1.54, 1.807) is 45.2 Å². The number of benzene rings is 1. The summed E-state index contributed by atoms with van der Waals surface area (Å²) < 4.78 is 1.03. The Hall–Kier alpha value is -2.19. The molecular weight excluding hydrogens is 454 g/mol. The molecule has 1 saturated heterocycles. The van der Waals surface area contributed by atoms with Crippen molar-refractivity contribution >= 4 is 50.7 Å². The quantitative estimate of drug-likeness (QED) is 0.659. The number of thiophene rings is 1. The number of carbonyl (C=O) groups is 3. The zero-order valence-electron chi connectivity index (χ0n) is 16.4. The highest BCUT2D eigenvalue weighted by molar-refractivity contribution is 9.11. The molecule has 2 aliphatic heterocycles. The maximum atomic E-state index is 13.2. The van der Waals surface area contributed by atoms with Gasteiger partial charge in [0.1, 0.15) is 5.66 Å². The number of fused-ring (bicyclic) bond motifs is 3. The second kappa shape index (κ2) is 7.57. The van der Waals surface area contributed by atoms with Gasteiger partial charge >= 0.3 is 0 Å². The van der Waals surface area contributed by atoms with E-state index in [1.807, 2.05) is 31.2 Å². The summed E-state index contributed by atoms with van der Waals surface area (Å²) in [5, 5.41) is 0. The van der Waals surface area contributed by atoms with E-state index < -0.39 is 5.66 Å². The van der Waals surface area contributed by atoms with E-state index in [0.717, 1.165) is 8.66 Å². The third kappa shape index (κ3) is 3.48. The summed E-state index contributed by atoms with van der Waals surface area (Å²) >= 11 is 5.04. The molecule has 2 aromatic rings. The zero-order chi connectivity index (χ0) is 20.8. The summed E-state index contributed by atoms with van der Waals surface area (Å²) in [5.41, 5.74) is 0.468. The fourth-order valence-corrected chi connectivity index (χ4v) is 5.74. The minimum atomic E-state index is -0.722. The normalized spacial score (nSPS) is 20.7. The number of hydrogen-bond acceptors (Lipinski definition) is 4. The van der Waals surface area contributed by atoms with Gasteiger partial charge in [-0.2, -0.15) is 0 Å². The van der Waals surface area contributed by atoms with Crippen LogP contribution in [-0.2, 0) is 16.1 Å². The number of carbonyl (C=O) groups excluding carboxylic acids is 3. The minimum Gasteiger partial charge on any atom is -0.341 e. The second-order valence-electron chi connectivity index (χ2n) is 7.63. The van der Waals surface area contributed by atoms with Gasteiger partial charge in [0.15, 0.2) is 0 Å².